The summed E-state index contributed by atoms with van der Waals surface area (Å²) in [6, 6.07) is 90.3. The van der Waals surface area contributed by atoms with Gasteiger partial charge in [-0.15, -0.1) is 0 Å². The molecule has 12 aromatic rings. The Morgan fingerprint density at radius 2 is 0.657 bits per heavy atom. The number of furan rings is 1. The third kappa shape index (κ3) is 7.79. The first-order valence-electron chi connectivity index (χ1n) is 22.7. The van der Waals surface area contributed by atoms with Crippen LogP contribution >= 0.6 is 0 Å². The molecule has 67 heavy (non-hydrogen) atoms. The summed E-state index contributed by atoms with van der Waals surface area (Å²) in [5.74, 6) is 0.696. The van der Waals surface area contributed by atoms with Crippen molar-refractivity contribution in [3.8, 4) is 101 Å². The Morgan fingerprint density at radius 1 is 0.239 bits per heavy atom. The van der Waals surface area contributed by atoms with E-state index in [0.717, 1.165) is 94.5 Å². The Labute approximate surface area is 390 Å². The monoisotopic (exact) mass is 854 g/mol. The molecule has 0 fully saturated rings. The SMILES string of the molecule is c1ccc(-c2ccc(-c3cc(-c4ccc(-c5cccc(-c6cc(-c7ccccc7)cc(-c7ccc8oc9ccccc9c8c7)c6-c6ccccc6)c5)cc4)nc(-c4ccccc4)n3)cc2)cc1. The van der Waals surface area contributed by atoms with Crippen molar-refractivity contribution in [2.45, 2.75) is 0 Å². The van der Waals surface area contributed by atoms with Crippen molar-refractivity contribution >= 4 is 21.9 Å². The minimum absolute atomic E-state index is 0.696. The molecular formula is C64H42N2O. The molecule has 12 rings (SSSR count). The molecule has 0 aliphatic carbocycles. The number of nitrogens with zero attached hydrogens (tertiary/aromatic N) is 2. The highest BCUT2D eigenvalue weighted by Crippen LogP contribution is 2.45. The Balaban J connectivity index is 0.957. The maximum atomic E-state index is 6.29. The van der Waals surface area contributed by atoms with Crippen LogP contribution in [0.4, 0.5) is 0 Å². The maximum Gasteiger partial charge on any atom is 0.160 e. The Kier molecular flexibility index (Phi) is 10.2. The minimum Gasteiger partial charge on any atom is -0.456 e. The molecule has 0 N–H and O–H groups in total. The van der Waals surface area contributed by atoms with E-state index in [-0.39, 0.29) is 0 Å². The molecule has 3 heteroatoms. The van der Waals surface area contributed by atoms with E-state index in [4.69, 9.17) is 14.4 Å². The lowest BCUT2D eigenvalue weighted by molar-refractivity contribution is 0.669. The van der Waals surface area contributed by atoms with Crippen LogP contribution < -0.4 is 0 Å². The first kappa shape index (κ1) is 39.7. The molecule has 0 saturated carbocycles. The standard InChI is InChI=1S/C64H42N2O/c1-5-16-43(17-6-1)45-28-32-47(33-29-45)59-42-60(66-64(65-59)50-22-11-4-12-23-50)48-34-30-46(31-35-48)51-24-15-25-52(38-51)56-40-54(44-18-7-2-8-19-44)41-57(63(56)49-20-9-3-10-21-49)53-36-37-62-58(39-53)55-26-13-14-27-61(55)67-62/h1-42H. The van der Waals surface area contributed by atoms with Crippen molar-refractivity contribution in [1.29, 1.82) is 0 Å². The van der Waals surface area contributed by atoms with Crippen molar-refractivity contribution in [3.05, 3.63) is 255 Å². The van der Waals surface area contributed by atoms with Gasteiger partial charge in [0.25, 0.3) is 0 Å². The van der Waals surface area contributed by atoms with Crippen molar-refractivity contribution in [1.82, 2.24) is 9.97 Å². The number of fused-ring (bicyclic) bond motifs is 3. The largest absolute Gasteiger partial charge is 0.456 e. The summed E-state index contributed by atoms with van der Waals surface area (Å²) in [6.45, 7) is 0. The van der Waals surface area contributed by atoms with E-state index in [0.29, 0.717) is 5.82 Å². The number of rotatable bonds is 9. The zero-order valence-corrected chi connectivity index (χ0v) is 36.6. The van der Waals surface area contributed by atoms with Crippen LogP contribution in [0, 0.1) is 0 Å². The predicted octanol–water partition coefficient (Wildman–Crippen LogP) is 17.4. The van der Waals surface area contributed by atoms with Crippen LogP contribution in [0.25, 0.3) is 123 Å². The van der Waals surface area contributed by atoms with E-state index in [9.17, 15) is 0 Å². The molecule has 2 aromatic heterocycles. The minimum atomic E-state index is 0.696. The fraction of sp³-hybridized carbons (Fsp3) is 0. The van der Waals surface area contributed by atoms with Gasteiger partial charge in [0.05, 0.1) is 11.4 Å². The molecule has 0 bridgehead atoms. The quantitative estimate of drug-likeness (QED) is 0.145. The highest BCUT2D eigenvalue weighted by molar-refractivity contribution is 6.08. The summed E-state index contributed by atoms with van der Waals surface area (Å²) in [7, 11) is 0. The molecule has 10 aromatic carbocycles. The molecule has 3 nitrogen and oxygen atoms in total. The first-order chi connectivity index (χ1) is 33.2. The smallest absolute Gasteiger partial charge is 0.160 e. The molecule has 0 spiro atoms. The fourth-order valence-corrected chi connectivity index (χ4v) is 9.33. The van der Waals surface area contributed by atoms with Gasteiger partial charge in [-0.25, -0.2) is 9.97 Å². The van der Waals surface area contributed by atoms with Gasteiger partial charge in [-0.1, -0.05) is 212 Å². The number of benzene rings is 10. The van der Waals surface area contributed by atoms with Crippen LogP contribution in [0.1, 0.15) is 0 Å². The van der Waals surface area contributed by atoms with Gasteiger partial charge in [-0.2, -0.15) is 0 Å². The number of hydrogen-bond acceptors (Lipinski definition) is 3. The van der Waals surface area contributed by atoms with Gasteiger partial charge in [-0.05, 0) is 109 Å². The Hall–Kier alpha value is -8.92. The molecular weight excluding hydrogens is 813 g/mol. The topological polar surface area (TPSA) is 38.9 Å². The molecule has 0 atom stereocenters. The van der Waals surface area contributed by atoms with Gasteiger partial charge >= 0.3 is 0 Å². The summed E-state index contributed by atoms with van der Waals surface area (Å²) in [5, 5.41) is 2.22. The van der Waals surface area contributed by atoms with E-state index in [1.165, 1.54) is 22.3 Å². The fourth-order valence-electron chi connectivity index (χ4n) is 9.33. The normalized spacial score (nSPS) is 11.3. The number of para-hydroxylation sites is 1. The van der Waals surface area contributed by atoms with Gasteiger partial charge < -0.3 is 4.42 Å². The number of hydrogen-bond donors (Lipinski definition) is 0. The molecule has 0 radical (unpaired) electrons. The summed E-state index contributed by atoms with van der Waals surface area (Å²) in [5.41, 5.74) is 20.4. The second-order valence-electron chi connectivity index (χ2n) is 16.9. The van der Waals surface area contributed by atoms with Crippen molar-refractivity contribution in [3.63, 3.8) is 0 Å². The van der Waals surface area contributed by atoms with Gasteiger partial charge in [0.1, 0.15) is 11.2 Å². The van der Waals surface area contributed by atoms with Crippen LogP contribution in [-0.4, -0.2) is 9.97 Å². The van der Waals surface area contributed by atoms with Crippen LogP contribution in [0.3, 0.4) is 0 Å². The molecule has 0 amide bonds. The van der Waals surface area contributed by atoms with Gasteiger partial charge in [0.2, 0.25) is 0 Å². The predicted molar refractivity (Wildman–Crippen MR) is 278 cm³/mol. The van der Waals surface area contributed by atoms with Crippen LogP contribution in [0.2, 0.25) is 0 Å². The highest BCUT2D eigenvalue weighted by atomic mass is 16.3. The lowest BCUT2D eigenvalue weighted by Gasteiger charge is -2.20. The summed E-state index contributed by atoms with van der Waals surface area (Å²) < 4.78 is 6.29. The first-order valence-corrected chi connectivity index (χ1v) is 22.7. The summed E-state index contributed by atoms with van der Waals surface area (Å²) >= 11 is 0. The Morgan fingerprint density at radius 3 is 1.27 bits per heavy atom. The molecule has 0 aliphatic rings. The number of aromatic nitrogens is 2. The van der Waals surface area contributed by atoms with Crippen molar-refractivity contribution in [2.75, 3.05) is 0 Å². The van der Waals surface area contributed by atoms with Crippen LogP contribution in [0.15, 0.2) is 259 Å². The van der Waals surface area contributed by atoms with Gasteiger partial charge in [-0.3, -0.25) is 0 Å². The van der Waals surface area contributed by atoms with Crippen LogP contribution in [0.5, 0.6) is 0 Å². The molecule has 0 unspecified atom stereocenters. The van der Waals surface area contributed by atoms with E-state index >= 15 is 0 Å². The van der Waals surface area contributed by atoms with E-state index in [1.807, 2.05) is 36.4 Å². The lowest BCUT2D eigenvalue weighted by Crippen LogP contribution is -1.96. The third-order valence-corrected chi connectivity index (χ3v) is 12.7. The average Bonchev–Trinajstić information content (AvgIpc) is 3.79. The molecule has 2 heterocycles. The molecule has 0 saturated heterocycles. The van der Waals surface area contributed by atoms with Crippen molar-refractivity contribution < 1.29 is 4.42 Å². The van der Waals surface area contributed by atoms with E-state index in [2.05, 4.69) is 218 Å². The molecule has 314 valence electrons. The zero-order chi connectivity index (χ0) is 44.5. The lowest BCUT2D eigenvalue weighted by atomic mass is 9.84. The summed E-state index contributed by atoms with van der Waals surface area (Å²) in [4.78, 5) is 10.2. The van der Waals surface area contributed by atoms with Gasteiger partial charge in [0, 0.05) is 27.5 Å². The summed E-state index contributed by atoms with van der Waals surface area (Å²) in [6.07, 6.45) is 0. The zero-order valence-electron chi connectivity index (χ0n) is 36.6. The Bertz CT molecular complexity index is 3690. The van der Waals surface area contributed by atoms with Gasteiger partial charge in [0.15, 0.2) is 5.82 Å². The van der Waals surface area contributed by atoms with E-state index in [1.54, 1.807) is 0 Å². The molecule has 0 aliphatic heterocycles. The highest BCUT2D eigenvalue weighted by Gasteiger charge is 2.19. The second kappa shape index (κ2) is 17.2. The third-order valence-electron chi connectivity index (χ3n) is 12.7. The van der Waals surface area contributed by atoms with Crippen LogP contribution in [-0.2, 0) is 0 Å². The van der Waals surface area contributed by atoms with Crippen molar-refractivity contribution in [2.24, 2.45) is 0 Å². The van der Waals surface area contributed by atoms with E-state index < -0.39 is 0 Å². The average molecular weight is 855 g/mol. The second-order valence-corrected chi connectivity index (χ2v) is 16.9. The maximum absolute atomic E-state index is 6.29.